The zero-order chi connectivity index (χ0) is 17.7. The van der Waals surface area contributed by atoms with E-state index in [1.54, 1.807) is 5.31 Å². The molecule has 0 amide bonds. The van der Waals surface area contributed by atoms with Gasteiger partial charge in [-0.25, -0.2) is 0 Å². The van der Waals surface area contributed by atoms with Crippen molar-refractivity contribution in [3.63, 3.8) is 0 Å². The maximum absolute atomic E-state index is 2.40. The fraction of sp³-hybridized carbons (Fsp3) is 0.120. The van der Waals surface area contributed by atoms with Crippen molar-refractivity contribution in [2.75, 3.05) is 0 Å². The van der Waals surface area contributed by atoms with E-state index in [0.717, 1.165) is 12.6 Å². The van der Waals surface area contributed by atoms with Gasteiger partial charge in [-0.1, -0.05) is 0 Å². The standard InChI is InChI=1S/C25H25P/c1-5-13-22(14-6-1)21-26(23-15-7-2-8-16-23,24-17-9-3-10-18-24)25-19-11-4-12-20-25/h1-11,13-19,26H,12,20-21H2. The van der Waals surface area contributed by atoms with Crippen molar-refractivity contribution in [1.82, 2.24) is 0 Å². The summed E-state index contributed by atoms with van der Waals surface area (Å²) in [6, 6.07) is 33.5. The second-order valence-electron chi connectivity index (χ2n) is 6.96. The summed E-state index contributed by atoms with van der Waals surface area (Å²) in [7, 11) is -2.08. The van der Waals surface area contributed by atoms with Crippen molar-refractivity contribution in [3.05, 3.63) is 120 Å². The first-order valence-corrected chi connectivity index (χ1v) is 11.6. The van der Waals surface area contributed by atoms with E-state index >= 15 is 0 Å². The molecular weight excluding hydrogens is 331 g/mol. The van der Waals surface area contributed by atoms with Gasteiger partial charge in [-0.3, -0.25) is 0 Å². The fourth-order valence-electron chi connectivity index (χ4n) is 4.16. The Kier molecular flexibility index (Phi) is 5.14. The van der Waals surface area contributed by atoms with Crippen LogP contribution in [-0.2, 0) is 6.16 Å². The Hall–Kier alpha value is -2.43. The van der Waals surface area contributed by atoms with E-state index in [2.05, 4.69) is 109 Å². The van der Waals surface area contributed by atoms with Crippen molar-refractivity contribution in [2.45, 2.75) is 19.0 Å². The minimum atomic E-state index is -2.08. The van der Waals surface area contributed by atoms with Crippen LogP contribution in [0, 0.1) is 0 Å². The summed E-state index contributed by atoms with van der Waals surface area (Å²) >= 11 is 0. The molecular formula is C25H25P. The third-order valence-corrected chi connectivity index (χ3v) is 10.5. The van der Waals surface area contributed by atoms with E-state index in [9.17, 15) is 0 Å². The van der Waals surface area contributed by atoms with Crippen LogP contribution in [0.4, 0.5) is 0 Å². The molecule has 0 aliphatic heterocycles. The first-order chi connectivity index (χ1) is 12.9. The van der Waals surface area contributed by atoms with Crippen molar-refractivity contribution >= 4 is 17.9 Å². The van der Waals surface area contributed by atoms with Gasteiger partial charge in [-0.2, -0.15) is 0 Å². The average Bonchev–Trinajstić information content (AvgIpc) is 2.75. The minimum absolute atomic E-state index is 1.11. The molecule has 130 valence electrons. The van der Waals surface area contributed by atoms with Crippen molar-refractivity contribution < 1.29 is 0 Å². The number of hydrogen-bond donors (Lipinski definition) is 0. The Morgan fingerprint density at radius 2 is 1.19 bits per heavy atom. The van der Waals surface area contributed by atoms with E-state index in [4.69, 9.17) is 0 Å². The molecule has 3 aromatic rings. The van der Waals surface area contributed by atoms with Crippen LogP contribution in [0.5, 0.6) is 0 Å². The molecule has 0 fully saturated rings. The van der Waals surface area contributed by atoms with Crippen LogP contribution in [0.15, 0.2) is 115 Å². The topological polar surface area (TPSA) is 0 Å². The van der Waals surface area contributed by atoms with Crippen molar-refractivity contribution in [3.8, 4) is 0 Å². The van der Waals surface area contributed by atoms with Crippen LogP contribution in [0.2, 0.25) is 0 Å². The summed E-state index contributed by atoms with van der Waals surface area (Å²) in [6.45, 7) is 0. The Balaban J connectivity index is 1.96. The Morgan fingerprint density at radius 1 is 0.654 bits per heavy atom. The summed E-state index contributed by atoms with van der Waals surface area (Å²) < 4.78 is 0. The fourth-order valence-corrected chi connectivity index (χ4v) is 9.19. The van der Waals surface area contributed by atoms with E-state index < -0.39 is 7.26 Å². The predicted molar refractivity (Wildman–Crippen MR) is 117 cm³/mol. The van der Waals surface area contributed by atoms with Gasteiger partial charge in [0.15, 0.2) is 0 Å². The Labute approximate surface area is 157 Å². The van der Waals surface area contributed by atoms with Gasteiger partial charge in [0, 0.05) is 0 Å². The van der Waals surface area contributed by atoms with Crippen LogP contribution in [0.25, 0.3) is 0 Å². The normalized spacial score (nSPS) is 14.7. The average molecular weight is 356 g/mol. The monoisotopic (exact) mass is 356 g/mol. The van der Waals surface area contributed by atoms with Gasteiger partial charge < -0.3 is 0 Å². The number of benzene rings is 3. The van der Waals surface area contributed by atoms with Gasteiger partial charge in [0.25, 0.3) is 0 Å². The SMILES string of the molecule is C1=CCCC([PH](Cc2ccccc2)(c2ccccc2)c2ccccc2)=C1. The zero-order valence-electron chi connectivity index (χ0n) is 15.0. The Bertz CT molecular complexity index is 853. The van der Waals surface area contributed by atoms with Crippen LogP contribution in [0.3, 0.4) is 0 Å². The molecule has 1 aliphatic carbocycles. The van der Waals surface area contributed by atoms with Crippen LogP contribution >= 0.6 is 7.26 Å². The molecule has 0 unspecified atom stereocenters. The van der Waals surface area contributed by atoms with Crippen LogP contribution < -0.4 is 10.6 Å². The van der Waals surface area contributed by atoms with E-state index in [0.29, 0.717) is 0 Å². The second kappa shape index (κ2) is 7.85. The molecule has 3 aromatic carbocycles. The number of hydrogen-bond acceptors (Lipinski definition) is 0. The molecule has 0 aromatic heterocycles. The molecule has 0 heterocycles. The summed E-state index contributed by atoms with van der Waals surface area (Å²) in [6.07, 6.45) is 10.4. The second-order valence-corrected chi connectivity index (χ2v) is 10.9. The van der Waals surface area contributed by atoms with E-state index in [-0.39, 0.29) is 0 Å². The van der Waals surface area contributed by atoms with Gasteiger partial charge in [0.2, 0.25) is 0 Å². The van der Waals surface area contributed by atoms with Gasteiger partial charge in [-0.15, -0.1) is 0 Å². The molecule has 26 heavy (non-hydrogen) atoms. The van der Waals surface area contributed by atoms with Crippen LogP contribution in [-0.4, -0.2) is 0 Å². The van der Waals surface area contributed by atoms with Crippen molar-refractivity contribution in [2.24, 2.45) is 0 Å². The molecule has 0 atom stereocenters. The zero-order valence-corrected chi connectivity index (χ0v) is 16.0. The summed E-state index contributed by atoms with van der Waals surface area (Å²) in [4.78, 5) is 0. The summed E-state index contributed by atoms with van der Waals surface area (Å²) in [5, 5.41) is 4.66. The first-order valence-electron chi connectivity index (χ1n) is 9.41. The summed E-state index contributed by atoms with van der Waals surface area (Å²) in [5.74, 6) is 0. The van der Waals surface area contributed by atoms with Gasteiger partial charge in [0.1, 0.15) is 0 Å². The molecule has 4 rings (SSSR count). The molecule has 0 saturated heterocycles. The molecule has 1 heteroatoms. The van der Waals surface area contributed by atoms with Gasteiger partial charge in [0.05, 0.1) is 0 Å². The molecule has 0 nitrogen and oxygen atoms in total. The molecule has 0 bridgehead atoms. The molecule has 1 aliphatic rings. The van der Waals surface area contributed by atoms with Gasteiger partial charge in [-0.05, 0) is 0 Å². The molecule has 0 saturated carbocycles. The van der Waals surface area contributed by atoms with Gasteiger partial charge >= 0.3 is 157 Å². The molecule has 0 N–H and O–H groups in total. The van der Waals surface area contributed by atoms with E-state index in [1.165, 1.54) is 22.6 Å². The third kappa shape index (κ3) is 3.30. The van der Waals surface area contributed by atoms with Crippen molar-refractivity contribution in [1.29, 1.82) is 0 Å². The van der Waals surface area contributed by atoms with Crippen LogP contribution in [0.1, 0.15) is 18.4 Å². The number of allylic oxidation sites excluding steroid dienone is 4. The van der Waals surface area contributed by atoms with E-state index in [1.807, 2.05) is 0 Å². The quantitative estimate of drug-likeness (QED) is 0.505. The molecule has 0 radical (unpaired) electrons. The number of rotatable bonds is 5. The maximum atomic E-state index is 2.40. The predicted octanol–water partition coefficient (Wildman–Crippen LogP) is 5.82. The Morgan fingerprint density at radius 3 is 1.69 bits per heavy atom. The summed E-state index contributed by atoms with van der Waals surface area (Å²) in [5.41, 5.74) is 1.43. The third-order valence-electron chi connectivity index (χ3n) is 5.41. The first kappa shape index (κ1) is 17.0. The molecule has 0 spiro atoms.